The van der Waals surface area contributed by atoms with Crippen LogP contribution in [0.4, 0.5) is 9.18 Å². The van der Waals surface area contributed by atoms with Crippen molar-refractivity contribution < 1.29 is 18.8 Å². The molecular weight excluding hydrogens is 517 g/mol. The van der Waals surface area contributed by atoms with Crippen LogP contribution in [-0.2, 0) is 22.7 Å². The molecule has 2 aliphatic heterocycles. The average molecular weight is 546 g/mol. The first kappa shape index (κ1) is 25.1. The third-order valence-corrected chi connectivity index (χ3v) is 6.82. The number of hydrogen-bond acceptors (Lipinski definition) is 4. The van der Waals surface area contributed by atoms with Crippen LogP contribution in [0.1, 0.15) is 30.9 Å². The number of piperazine rings is 1. The smallest absolute Gasteiger partial charge is 0.333 e. The lowest BCUT2D eigenvalue weighted by Crippen LogP contribution is -2.75. The maximum Gasteiger partial charge on any atom is 0.334 e. The lowest BCUT2D eigenvalue weighted by Gasteiger charge is -2.54. The topological polar surface area (TPSA) is 76.2 Å². The minimum absolute atomic E-state index is 0.000402. The molecule has 0 bridgehead atoms. The van der Waals surface area contributed by atoms with Gasteiger partial charge in [0.25, 0.3) is 0 Å². The second kappa shape index (κ2) is 10.7. The minimum atomic E-state index is -0.629. The molecule has 0 radical (unpaired) electrons. The summed E-state index contributed by atoms with van der Waals surface area (Å²) in [6, 6.07) is 12.6. The first-order valence-corrected chi connectivity index (χ1v) is 12.4. The van der Waals surface area contributed by atoms with E-state index in [9.17, 15) is 18.8 Å². The zero-order valence-electron chi connectivity index (χ0n) is 19.8. The highest BCUT2D eigenvalue weighted by molar-refractivity contribution is 9.10. The second-order valence-corrected chi connectivity index (χ2v) is 9.80. The number of halogens is 2. The van der Waals surface area contributed by atoms with Crippen LogP contribution < -0.4 is 5.32 Å². The molecule has 0 aliphatic carbocycles. The third kappa shape index (κ3) is 5.48. The lowest BCUT2D eigenvalue weighted by atomic mass is 10.0. The monoisotopic (exact) mass is 545 g/mol. The number of hydrazine groups is 1. The van der Waals surface area contributed by atoms with E-state index in [2.05, 4.69) is 21.2 Å². The predicted octanol–water partition coefficient (Wildman–Crippen LogP) is 3.33. The maximum atomic E-state index is 13.5. The first-order valence-electron chi connectivity index (χ1n) is 11.7. The lowest BCUT2D eigenvalue weighted by molar-refractivity contribution is -0.188. The number of benzene rings is 2. The Hall–Kier alpha value is -2.98. The summed E-state index contributed by atoms with van der Waals surface area (Å²) in [5.74, 6) is -0.619. The fraction of sp³-hybridized carbons (Fsp3) is 0.400. The molecule has 4 amide bonds. The van der Waals surface area contributed by atoms with Crippen molar-refractivity contribution in [2.45, 2.75) is 45.1 Å². The molecule has 0 aromatic heterocycles. The van der Waals surface area contributed by atoms with E-state index >= 15 is 0 Å². The molecule has 8 nitrogen and oxygen atoms in total. The zero-order chi connectivity index (χ0) is 25.1. The molecule has 2 aliphatic rings. The Kier molecular flexibility index (Phi) is 7.71. The van der Waals surface area contributed by atoms with E-state index < -0.39 is 12.2 Å². The summed E-state index contributed by atoms with van der Waals surface area (Å²) in [7, 11) is 1.69. The van der Waals surface area contributed by atoms with Crippen molar-refractivity contribution in [3.05, 3.63) is 69.9 Å². The van der Waals surface area contributed by atoms with Gasteiger partial charge in [-0.25, -0.2) is 19.2 Å². The minimum Gasteiger partial charge on any atom is -0.333 e. The Labute approximate surface area is 212 Å². The highest BCUT2D eigenvalue weighted by Crippen LogP contribution is 2.29. The van der Waals surface area contributed by atoms with Crippen molar-refractivity contribution in [3.8, 4) is 0 Å². The fourth-order valence-corrected chi connectivity index (χ4v) is 5.16. The van der Waals surface area contributed by atoms with E-state index in [0.717, 1.165) is 22.0 Å². The number of nitrogens with zero attached hydrogens (tertiary/aromatic N) is 4. The van der Waals surface area contributed by atoms with Crippen LogP contribution in [0.2, 0.25) is 0 Å². The maximum absolute atomic E-state index is 13.5. The van der Waals surface area contributed by atoms with E-state index in [4.69, 9.17) is 0 Å². The Balaban J connectivity index is 1.58. The van der Waals surface area contributed by atoms with Gasteiger partial charge in [0.1, 0.15) is 18.0 Å². The van der Waals surface area contributed by atoms with Gasteiger partial charge in [0.05, 0.1) is 13.1 Å². The number of hydrogen-bond donors (Lipinski definition) is 1. The van der Waals surface area contributed by atoms with Gasteiger partial charge in [0.15, 0.2) is 0 Å². The van der Waals surface area contributed by atoms with E-state index in [1.165, 1.54) is 17.1 Å². The first-order chi connectivity index (χ1) is 16.8. The molecular formula is C25H29BrFN5O3. The average Bonchev–Trinajstić information content (AvgIpc) is 2.81. The number of carbonyl (C=O) groups excluding carboxylic acids is 3. The fourth-order valence-electron chi connectivity index (χ4n) is 4.71. The summed E-state index contributed by atoms with van der Waals surface area (Å²) < 4.78 is 14.1. The van der Waals surface area contributed by atoms with Crippen LogP contribution in [-0.4, -0.2) is 70.0 Å². The van der Waals surface area contributed by atoms with Crippen molar-refractivity contribution in [1.29, 1.82) is 0 Å². The van der Waals surface area contributed by atoms with Crippen molar-refractivity contribution in [2.75, 3.05) is 20.1 Å². The van der Waals surface area contributed by atoms with Crippen LogP contribution in [0.25, 0.3) is 0 Å². The van der Waals surface area contributed by atoms with Crippen molar-refractivity contribution >= 4 is 33.8 Å². The van der Waals surface area contributed by atoms with E-state index in [-0.39, 0.29) is 43.3 Å². The second-order valence-electron chi connectivity index (χ2n) is 8.88. The van der Waals surface area contributed by atoms with Gasteiger partial charge in [-0.1, -0.05) is 53.5 Å². The van der Waals surface area contributed by atoms with Crippen molar-refractivity contribution in [1.82, 2.24) is 25.1 Å². The number of amides is 4. The van der Waals surface area contributed by atoms with Crippen LogP contribution in [0.5, 0.6) is 0 Å². The molecule has 0 spiro atoms. The molecule has 2 atom stereocenters. The van der Waals surface area contributed by atoms with Crippen LogP contribution in [0, 0.1) is 5.82 Å². The molecule has 2 heterocycles. The normalized spacial score (nSPS) is 20.7. The van der Waals surface area contributed by atoms with E-state index in [0.29, 0.717) is 13.0 Å². The van der Waals surface area contributed by atoms with Crippen LogP contribution in [0.3, 0.4) is 0 Å². The van der Waals surface area contributed by atoms with Crippen LogP contribution >= 0.6 is 15.9 Å². The van der Waals surface area contributed by atoms with Gasteiger partial charge in [-0.05, 0) is 41.8 Å². The number of rotatable bonds is 6. The van der Waals surface area contributed by atoms with Gasteiger partial charge in [-0.3, -0.25) is 9.59 Å². The predicted molar refractivity (Wildman–Crippen MR) is 132 cm³/mol. The molecule has 35 heavy (non-hydrogen) atoms. The summed E-state index contributed by atoms with van der Waals surface area (Å²) in [5, 5.41) is 5.99. The van der Waals surface area contributed by atoms with E-state index in [1.54, 1.807) is 34.0 Å². The summed E-state index contributed by atoms with van der Waals surface area (Å²) in [6.07, 6.45) is 0.616. The highest BCUT2D eigenvalue weighted by atomic mass is 79.9. The third-order valence-electron chi connectivity index (χ3n) is 6.33. The molecule has 186 valence electrons. The number of nitrogens with one attached hydrogen (secondary N) is 1. The number of likely N-dealkylation sites (N-methyl/N-ethyl adjacent to an activating group) is 1. The quantitative estimate of drug-likeness (QED) is 0.604. The highest BCUT2D eigenvalue weighted by Gasteiger charge is 2.50. The Bertz CT molecular complexity index is 1100. The van der Waals surface area contributed by atoms with Gasteiger partial charge in [-0.2, -0.15) is 0 Å². The number of carbonyl (C=O) groups is 3. The zero-order valence-corrected chi connectivity index (χ0v) is 21.4. The Morgan fingerprint density at radius 2 is 1.89 bits per heavy atom. The molecule has 2 fully saturated rings. The van der Waals surface area contributed by atoms with Gasteiger partial charge in [-0.15, -0.1) is 0 Å². The standard InChI is InChI=1S/C25H29BrFN5O3/c1-3-5-21-24(34)30(14-18-6-4-7-19(26)12-18)15-22-31(21)23(33)16-29(2)32(22)25(35)28-13-17-8-10-20(27)11-9-17/h4,6-12,21-22H,3,5,13-16H2,1-2H3,(H,28,35)/t21-,22?/m0/s1. The van der Waals surface area contributed by atoms with Gasteiger partial charge in [0, 0.05) is 24.6 Å². The number of urea groups is 1. The van der Waals surface area contributed by atoms with Gasteiger partial charge < -0.3 is 15.1 Å². The van der Waals surface area contributed by atoms with E-state index in [1.807, 2.05) is 31.2 Å². The molecule has 2 saturated heterocycles. The van der Waals surface area contributed by atoms with Gasteiger partial charge >= 0.3 is 6.03 Å². The van der Waals surface area contributed by atoms with Crippen LogP contribution in [0.15, 0.2) is 53.0 Å². The largest absolute Gasteiger partial charge is 0.334 e. The molecule has 2 aromatic rings. The number of fused-ring (bicyclic) bond motifs is 1. The molecule has 0 saturated carbocycles. The Morgan fingerprint density at radius 1 is 1.14 bits per heavy atom. The summed E-state index contributed by atoms with van der Waals surface area (Å²) in [6.45, 7) is 2.77. The molecule has 1 unspecified atom stereocenters. The van der Waals surface area contributed by atoms with Crippen molar-refractivity contribution in [2.24, 2.45) is 0 Å². The molecule has 10 heteroatoms. The molecule has 4 rings (SSSR count). The SMILES string of the molecule is CCC[C@H]1C(=O)N(Cc2cccc(Br)c2)CC2N1C(=O)CN(C)N2C(=O)NCc1ccc(F)cc1. The molecule has 1 N–H and O–H groups in total. The molecule has 2 aromatic carbocycles. The Morgan fingerprint density at radius 3 is 2.57 bits per heavy atom. The summed E-state index contributed by atoms with van der Waals surface area (Å²) >= 11 is 3.47. The summed E-state index contributed by atoms with van der Waals surface area (Å²) in [4.78, 5) is 43.2. The van der Waals surface area contributed by atoms with Gasteiger partial charge in [0.2, 0.25) is 11.8 Å². The van der Waals surface area contributed by atoms with Crippen molar-refractivity contribution in [3.63, 3.8) is 0 Å². The summed E-state index contributed by atoms with van der Waals surface area (Å²) in [5.41, 5.74) is 1.71.